The van der Waals surface area contributed by atoms with E-state index in [2.05, 4.69) is 43.0 Å². The molecule has 0 fully saturated rings. The lowest BCUT2D eigenvalue weighted by molar-refractivity contribution is 0.956. The van der Waals surface area contributed by atoms with Crippen molar-refractivity contribution in [2.45, 2.75) is 6.42 Å². The van der Waals surface area contributed by atoms with Crippen molar-refractivity contribution in [3.8, 4) is 5.82 Å². The maximum Gasteiger partial charge on any atom is 0.224 e. The summed E-state index contributed by atoms with van der Waals surface area (Å²) in [6, 6.07) is 16.3. The van der Waals surface area contributed by atoms with Crippen molar-refractivity contribution in [1.82, 2.24) is 19.5 Å². The quantitative estimate of drug-likeness (QED) is 0.613. The summed E-state index contributed by atoms with van der Waals surface area (Å²) >= 11 is 0. The van der Waals surface area contributed by atoms with Crippen LogP contribution in [0.4, 0.5) is 5.95 Å². The van der Waals surface area contributed by atoms with Crippen molar-refractivity contribution < 1.29 is 0 Å². The second kappa shape index (κ2) is 6.50. The minimum absolute atomic E-state index is 0.638. The predicted molar refractivity (Wildman–Crippen MR) is 95.3 cm³/mol. The first kappa shape index (κ1) is 14.4. The highest BCUT2D eigenvalue weighted by Crippen LogP contribution is 2.19. The average Bonchev–Trinajstić information content (AvgIpc) is 3.07. The molecule has 24 heavy (non-hydrogen) atoms. The number of fused-ring (bicyclic) bond motifs is 1. The number of benzene rings is 1. The molecule has 1 aromatic carbocycles. The molecule has 0 aliphatic carbocycles. The lowest BCUT2D eigenvalue weighted by Gasteiger charge is -2.08. The minimum atomic E-state index is 0.638. The Hall–Kier alpha value is -3.21. The van der Waals surface area contributed by atoms with E-state index in [-0.39, 0.29) is 0 Å². The minimum Gasteiger partial charge on any atom is -0.354 e. The number of anilines is 1. The first-order chi connectivity index (χ1) is 11.9. The van der Waals surface area contributed by atoms with Crippen LogP contribution >= 0.6 is 0 Å². The van der Waals surface area contributed by atoms with E-state index in [4.69, 9.17) is 0 Å². The van der Waals surface area contributed by atoms with Gasteiger partial charge in [0.15, 0.2) is 0 Å². The van der Waals surface area contributed by atoms with E-state index in [1.807, 2.05) is 48.9 Å². The zero-order valence-corrected chi connectivity index (χ0v) is 13.1. The number of nitrogens with one attached hydrogen (secondary N) is 1. The van der Waals surface area contributed by atoms with E-state index in [1.54, 1.807) is 6.20 Å². The third-order valence-electron chi connectivity index (χ3n) is 3.93. The van der Waals surface area contributed by atoms with Crippen molar-refractivity contribution in [1.29, 1.82) is 0 Å². The highest BCUT2D eigenvalue weighted by Gasteiger charge is 2.05. The fourth-order valence-corrected chi connectivity index (χ4v) is 2.72. The molecule has 1 N–H and O–H groups in total. The molecule has 4 rings (SSSR count). The molecular formula is C19H17N5. The van der Waals surface area contributed by atoms with E-state index < -0.39 is 0 Å². The molecule has 3 heterocycles. The van der Waals surface area contributed by atoms with Crippen LogP contribution in [0.3, 0.4) is 0 Å². The molecule has 5 nitrogen and oxygen atoms in total. The van der Waals surface area contributed by atoms with Crippen LogP contribution in [0, 0.1) is 0 Å². The number of nitrogens with zero attached hydrogens (tertiary/aromatic N) is 4. The van der Waals surface area contributed by atoms with Gasteiger partial charge in [-0.25, -0.2) is 4.98 Å². The Balaban J connectivity index is 1.51. The van der Waals surface area contributed by atoms with E-state index in [1.165, 1.54) is 10.9 Å². The second-order valence-corrected chi connectivity index (χ2v) is 5.52. The van der Waals surface area contributed by atoms with Gasteiger partial charge in [0.1, 0.15) is 5.82 Å². The third kappa shape index (κ3) is 2.96. The fourth-order valence-electron chi connectivity index (χ4n) is 2.72. The summed E-state index contributed by atoms with van der Waals surface area (Å²) in [5, 5.41) is 4.49. The van der Waals surface area contributed by atoms with Crippen LogP contribution in [0.5, 0.6) is 0 Å². The van der Waals surface area contributed by atoms with Crippen molar-refractivity contribution >= 4 is 16.9 Å². The van der Waals surface area contributed by atoms with Crippen LogP contribution in [-0.2, 0) is 6.42 Å². The van der Waals surface area contributed by atoms with Gasteiger partial charge in [-0.05, 0) is 47.7 Å². The monoisotopic (exact) mass is 315 g/mol. The molecular weight excluding hydrogens is 298 g/mol. The van der Waals surface area contributed by atoms with Gasteiger partial charge in [0.25, 0.3) is 0 Å². The van der Waals surface area contributed by atoms with Gasteiger partial charge in [-0.1, -0.05) is 18.2 Å². The van der Waals surface area contributed by atoms with Crippen LogP contribution in [0.1, 0.15) is 5.56 Å². The van der Waals surface area contributed by atoms with Crippen molar-refractivity contribution in [3.63, 3.8) is 0 Å². The number of hydrogen-bond acceptors (Lipinski definition) is 4. The van der Waals surface area contributed by atoms with Crippen molar-refractivity contribution in [3.05, 3.63) is 78.9 Å². The molecule has 0 aliphatic heterocycles. The molecule has 0 bridgehead atoms. The second-order valence-electron chi connectivity index (χ2n) is 5.52. The highest BCUT2D eigenvalue weighted by atomic mass is 15.2. The van der Waals surface area contributed by atoms with Gasteiger partial charge < -0.3 is 9.88 Å². The maximum atomic E-state index is 4.62. The molecule has 0 saturated heterocycles. The highest BCUT2D eigenvalue weighted by molar-refractivity contribution is 5.81. The maximum absolute atomic E-state index is 4.62. The average molecular weight is 315 g/mol. The molecule has 0 spiro atoms. The van der Waals surface area contributed by atoms with E-state index >= 15 is 0 Å². The number of aromatic nitrogens is 4. The van der Waals surface area contributed by atoms with Gasteiger partial charge in [-0.2, -0.15) is 4.98 Å². The molecule has 118 valence electrons. The summed E-state index contributed by atoms with van der Waals surface area (Å²) in [6.45, 7) is 0.778. The summed E-state index contributed by atoms with van der Waals surface area (Å²) in [5.41, 5.74) is 2.38. The molecule has 5 heteroatoms. The van der Waals surface area contributed by atoms with Crippen molar-refractivity contribution in [2.24, 2.45) is 0 Å². The van der Waals surface area contributed by atoms with Gasteiger partial charge >= 0.3 is 0 Å². The van der Waals surface area contributed by atoms with Crippen molar-refractivity contribution in [2.75, 3.05) is 11.9 Å². The summed E-state index contributed by atoms with van der Waals surface area (Å²) in [7, 11) is 0. The number of hydrogen-bond donors (Lipinski definition) is 1. The molecule has 0 unspecified atom stereocenters. The molecule has 3 aromatic heterocycles. The van der Waals surface area contributed by atoms with Crippen LogP contribution < -0.4 is 5.32 Å². The lowest BCUT2D eigenvalue weighted by atomic mass is 10.2. The smallest absolute Gasteiger partial charge is 0.224 e. The van der Waals surface area contributed by atoms with Crippen LogP contribution in [-0.4, -0.2) is 26.1 Å². The van der Waals surface area contributed by atoms with E-state index in [0.717, 1.165) is 24.3 Å². The summed E-state index contributed by atoms with van der Waals surface area (Å²) in [6.07, 6.45) is 8.34. The van der Waals surface area contributed by atoms with Gasteiger partial charge in [0, 0.05) is 31.3 Å². The molecule has 0 amide bonds. The largest absolute Gasteiger partial charge is 0.354 e. The topological polar surface area (TPSA) is 55.6 Å². The molecule has 0 radical (unpaired) electrons. The van der Waals surface area contributed by atoms with Gasteiger partial charge in [0.05, 0.1) is 5.52 Å². The third-order valence-corrected chi connectivity index (χ3v) is 3.93. The molecule has 0 saturated carbocycles. The van der Waals surface area contributed by atoms with Gasteiger partial charge in [0.2, 0.25) is 5.95 Å². The lowest BCUT2D eigenvalue weighted by Crippen LogP contribution is -2.09. The van der Waals surface area contributed by atoms with Crippen LogP contribution in [0.25, 0.3) is 16.7 Å². The Morgan fingerprint density at radius 2 is 1.79 bits per heavy atom. The van der Waals surface area contributed by atoms with E-state index in [9.17, 15) is 0 Å². The van der Waals surface area contributed by atoms with Crippen LogP contribution in [0.2, 0.25) is 0 Å². The number of para-hydroxylation sites is 1. The Kier molecular flexibility index (Phi) is 3.90. The Labute approximate surface area is 140 Å². The Bertz CT molecular complexity index is 946. The summed E-state index contributed by atoms with van der Waals surface area (Å²) < 4.78 is 2.07. The molecule has 4 aromatic rings. The zero-order chi connectivity index (χ0) is 16.2. The zero-order valence-electron chi connectivity index (χ0n) is 13.1. The first-order valence-electron chi connectivity index (χ1n) is 7.92. The fraction of sp³-hybridized carbons (Fsp3) is 0.105. The van der Waals surface area contributed by atoms with E-state index in [0.29, 0.717) is 5.95 Å². The summed E-state index contributed by atoms with van der Waals surface area (Å²) in [4.78, 5) is 13.0. The first-order valence-corrected chi connectivity index (χ1v) is 7.92. The Morgan fingerprint density at radius 1 is 0.917 bits per heavy atom. The van der Waals surface area contributed by atoms with Gasteiger partial charge in [-0.3, -0.25) is 4.98 Å². The molecule has 0 atom stereocenters. The number of pyridine rings is 1. The summed E-state index contributed by atoms with van der Waals surface area (Å²) in [5.74, 6) is 1.50. The Morgan fingerprint density at radius 3 is 2.71 bits per heavy atom. The SMILES string of the molecule is c1ccc2c(c1)ccn2-c1ccnc(NCCc2ccncc2)n1. The molecule has 0 aliphatic rings. The normalized spacial score (nSPS) is 10.8. The van der Waals surface area contributed by atoms with Gasteiger partial charge in [-0.15, -0.1) is 0 Å². The predicted octanol–water partition coefficient (Wildman–Crippen LogP) is 3.47. The number of rotatable bonds is 5. The standard InChI is InChI=1S/C19H17N5/c1-2-4-17-16(3-1)9-14-24(17)18-8-13-22-19(23-18)21-12-7-15-5-10-20-11-6-15/h1-6,8-11,13-14H,7,12H2,(H,21,22,23). The van der Waals surface area contributed by atoms with Crippen LogP contribution in [0.15, 0.2) is 73.3 Å².